The lowest BCUT2D eigenvalue weighted by molar-refractivity contribution is 0.0522. The normalized spacial score (nSPS) is 37.8. The molecule has 0 aromatic carbocycles. The quantitative estimate of drug-likeness (QED) is 0.704. The van der Waals surface area contributed by atoms with Crippen molar-refractivity contribution >= 4 is 24.8 Å². The first kappa shape index (κ1) is 17.4. The van der Waals surface area contributed by atoms with E-state index in [9.17, 15) is 5.11 Å². The van der Waals surface area contributed by atoms with Crippen LogP contribution in [-0.4, -0.2) is 42.5 Å². The molecule has 1 aliphatic heterocycles. The van der Waals surface area contributed by atoms with Gasteiger partial charge in [0.2, 0.25) is 0 Å². The topological polar surface area (TPSA) is 67.5 Å². The molecule has 1 saturated heterocycles. The first-order valence-electron chi connectivity index (χ1n) is 6.03. The van der Waals surface area contributed by atoms with Gasteiger partial charge in [0.1, 0.15) is 0 Å². The lowest BCUT2D eigenvalue weighted by Crippen LogP contribution is -2.54. The maximum atomic E-state index is 9.41. The molecule has 2 rings (SSSR count). The number of hydrogen-bond acceptors (Lipinski definition) is 4. The van der Waals surface area contributed by atoms with Crippen LogP contribution in [0.15, 0.2) is 0 Å². The van der Waals surface area contributed by atoms with Crippen LogP contribution in [0.1, 0.15) is 32.1 Å². The molecule has 1 saturated carbocycles. The van der Waals surface area contributed by atoms with Crippen LogP contribution in [0.5, 0.6) is 0 Å². The first-order valence-corrected chi connectivity index (χ1v) is 6.03. The summed E-state index contributed by atoms with van der Waals surface area (Å²) < 4.78 is 5.31. The predicted octanol–water partition coefficient (Wildman–Crippen LogP) is 0.839. The van der Waals surface area contributed by atoms with Crippen LogP contribution in [-0.2, 0) is 4.74 Å². The minimum absolute atomic E-state index is 0. The molecule has 1 heterocycles. The third kappa shape index (κ3) is 5.28. The summed E-state index contributed by atoms with van der Waals surface area (Å²) in [7, 11) is 0. The Morgan fingerprint density at radius 1 is 1.06 bits per heavy atom. The van der Waals surface area contributed by atoms with Gasteiger partial charge in [-0.15, -0.1) is 24.8 Å². The van der Waals surface area contributed by atoms with Crippen LogP contribution < -0.4 is 11.1 Å². The largest absolute Gasteiger partial charge is 0.393 e. The van der Waals surface area contributed by atoms with E-state index in [2.05, 4.69) is 5.32 Å². The van der Waals surface area contributed by atoms with Crippen molar-refractivity contribution in [3.63, 3.8) is 0 Å². The van der Waals surface area contributed by atoms with E-state index in [0.29, 0.717) is 18.7 Å². The number of nitrogens with two attached hydrogens (primary N) is 1. The zero-order valence-corrected chi connectivity index (χ0v) is 11.6. The second-order valence-electron chi connectivity index (χ2n) is 4.81. The molecule has 0 bridgehead atoms. The van der Waals surface area contributed by atoms with E-state index in [1.807, 2.05) is 0 Å². The Balaban J connectivity index is 0.00000128. The molecule has 2 aliphatic rings. The number of ether oxygens (including phenoxy) is 1. The van der Waals surface area contributed by atoms with E-state index in [1.165, 1.54) is 0 Å². The average molecular weight is 287 g/mol. The van der Waals surface area contributed by atoms with Crippen molar-refractivity contribution in [2.75, 3.05) is 13.2 Å². The summed E-state index contributed by atoms with van der Waals surface area (Å²) in [6.07, 6.45) is 4.94. The SMILES string of the molecule is Cl.Cl.NC1COCCC1N[C@H]1CC[C@H](O)CC1. The fourth-order valence-corrected chi connectivity index (χ4v) is 2.51. The lowest BCUT2D eigenvalue weighted by Gasteiger charge is -2.35. The summed E-state index contributed by atoms with van der Waals surface area (Å²) in [5.41, 5.74) is 5.99. The molecule has 2 fully saturated rings. The molecule has 17 heavy (non-hydrogen) atoms. The fourth-order valence-electron chi connectivity index (χ4n) is 2.51. The molecule has 4 nitrogen and oxygen atoms in total. The number of rotatable bonds is 2. The Kier molecular flexibility index (Phi) is 8.72. The summed E-state index contributed by atoms with van der Waals surface area (Å²) >= 11 is 0. The van der Waals surface area contributed by atoms with Crippen LogP contribution in [0.4, 0.5) is 0 Å². The van der Waals surface area contributed by atoms with E-state index in [4.69, 9.17) is 10.5 Å². The maximum Gasteiger partial charge on any atom is 0.0632 e. The van der Waals surface area contributed by atoms with E-state index in [-0.39, 0.29) is 37.0 Å². The Labute approximate surface area is 115 Å². The van der Waals surface area contributed by atoms with Crippen molar-refractivity contribution in [1.82, 2.24) is 5.32 Å². The van der Waals surface area contributed by atoms with Gasteiger partial charge in [0.05, 0.1) is 12.7 Å². The van der Waals surface area contributed by atoms with Crippen molar-refractivity contribution in [3.05, 3.63) is 0 Å². The Morgan fingerprint density at radius 3 is 2.29 bits per heavy atom. The molecule has 2 atom stereocenters. The predicted molar refractivity (Wildman–Crippen MR) is 73.1 cm³/mol. The maximum absolute atomic E-state index is 9.41. The molecule has 0 aromatic rings. The molecule has 6 heteroatoms. The van der Waals surface area contributed by atoms with Gasteiger partial charge in [-0.3, -0.25) is 0 Å². The zero-order valence-electron chi connectivity index (χ0n) is 10.0. The molecule has 0 radical (unpaired) electrons. The zero-order chi connectivity index (χ0) is 10.7. The van der Waals surface area contributed by atoms with Crippen molar-refractivity contribution in [1.29, 1.82) is 0 Å². The van der Waals surface area contributed by atoms with Crippen LogP contribution in [0, 0.1) is 0 Å². The molecule has 1 aliphatic carbocycles. The third-order valence-electron chi connectivity index (χ3n) is 3.55. The standard InChI is InChI=1S/C11H22N2O2.2ClH/c12-10-7-15-6-5-11(10)13-8-1-3-9(14)4-2-8;;/h8-11,13-14H,1-7,12H2;2*1H/t8-,9-,10?,11?;;. The second-order valence-corrected chi connectivity index (χ2v) is 4.81. The fraction of sp³-hybridized carbons (Fsp3) is 1.00. The summed E-state index contributed by atoms with van der Waals surface area (Å²) in [6.45, 7) is 1.49. The van der Waals surface area contributed by atoms with Crippen LogP contribution in [0.2, 0.25) is 0 Å². The highest BCUT2D eigenvalue weighted by molar-refractivity contribution is 5.85. The molecule has 0 spiro atoms. The summed E-state index contributed by atoms with van der Waals surface area (Å²) in [5, 5.41) is 13.0. The molecule has 104 valence electrons. The molecular formula is C11H24Cl2N2O2. The monoisotopic (exact) mass is 286 g/mol. The number of nitrogens with one attached hydrogen (secondary N) is 1. The smallest absolute Gasteiger partial charge is 0.0632 e. The van der Waals surface area contributed by atoms with E-state index in [1.54, 1.807) is 0 Å². The highest BCUT2D eigenvalue weighted by atomic mass is 35.5. The highest BCUT2D eigenvalue weighted by Crippen LogP contribution is 2.20. The van der Waals surface area contributed by atoms with Gasteiger partial charge in [0.25, 0.3) is 0 Å². The van der Waals surface area contributed by atoms with Crippen LogP contribution in [0.25, 0.3) is 0 Å². The Morgan fingerprint density at radius 2 is 1.71 bits per heavy atom. The first-order chi connectivity index (χ1) is 7.25. The summed E-state index contributed by atoms with van der Waals surface area (Å²) in [4.78, 5) is 0. The number of aliphatic hydroxyl groups is 1. The minimum Gasteiger partial charge on any atom is -0.393 e. The lowest BCUT2D eigenvalue weighted by atomic mass is 9.91. The van der Waals surface area contributed by atoms with Gasteiger partial charge in [-0.2, -0.15) is 0 Å². The Hall–Kier alpha value is 0.420. The van der Waals surface area contributed by atoms with Gasteiger partial charge in [-0.25, -0.2) is 0 Å². The highest BCUT2D eigenvalue weighted by Gasteiger charge is 2.26. The Bertz CT molecular complexity index is 202. The van der Waals surface area contributed by atoms with Gasteiger partial charge in [-0.1, -0.05) is 0 Å². The van der Waals surface area contributed by atoms with Crippen LogP contribution >= 0.6 is 24.8 Å². The summed E-state index contributed by atoms with van der Waals surface area (Å²) in [5.74, 6) is 0. The van der Waals surface area contributed by atoms with Crippen molar-refractivity contribution in [3.8, 4) is 0 Å². The summed E-state index contributed by atoms with van der Waals surface area (Å²) in [6, 6.07) is 1.08. The van der Waals surface area contributed by atoms with E-state index >= 15 is 0 Å². The van der Waals surface area contributed by atoms with Crippen molar-refractivity contribution in [2.45, 2.75) is 56.3 Å². The molecule has 0 amide bonds. The van der Waals surface area contributed by atoms with E-state index in [0.717, 1.165) is 38.7 Å². The van der Waals surface area contributed by atoms with Gasteiger partial charge in [0.15, 0.2) is 0 Å². The minimum atomic E-state index is -0.0774. The van der Waals surface area contributed by atoms with Gasteiger partial charge in [-0.05, 0) is 32.1 Å². The van der Waals surface area contributed by atoms with Gasteiger partial charge in [0, 0.05) is 24.7 Å². The molecule has 4 N–H and O–H groups in total. The molecule has 2 unspecified atom stereocenters. The van der Waals surface area contributed by atoms with Crippen LogP contribution in [0.3, 0.4) is 0 Å². The third-order valence-corrected chi connectivity index (χ3v) is 3.55. The second kappa shape index (κ2) is 8.51. The van der Waals surface area contributed by atoms with Gasteiger partial charge >= 0.3 is 0 Å². The number of aliphatic hydroxyl groups excluding tert-OH is 1. The van der Waals surface area contributed by atoms with Crippen molar-refractivity contribution in [2.24, 2.45) is 5.73 Å². The average Bonchev–Trinajstić information content (AvgIpc) is 2.25. The molecule has 0 aromatic heterocycles. The van der Waals surface area contributed by atoms with Crippen molar-refractivity contribution < 1.29 is 9.84 Å². The molecular weight excluding hydrogens is 263 g/mol. The number of halogens is 2. The number of hydrogen-bond donors (Lipinski definition) is 3. The van der Waals surface area contributed by atoms with Gasteiger partial charge < -0.3 is 20.9 Å². The van der Waals surface area contributed by atoms with E-state index < -0.39 is 0 Å².